The summed E-state index contributed by atoms with van der Waals surface area (Å²) in [4.78, 5) is 6.92. The smallest absolute Gasteiger partial charge is 0.174 e. The van der Waals surface area contributed by atoms with Gasteiger partial charge in [0.15, 0.2) is 5.11 Å². The van der Waals surface area contributed by atoms with E-state index in [-0.39, 0.29) is 12.1 Å². The summed E-state index contributed by atoms with van der Waals surface area (Å²) in [5.41, 5.74) is 7.92. The molecule has 1 aliphatic heterocycles. The first kappa shape index (κ1) is 24.9. The summed E-state index contributed by atoms with van der Waals surface area (Å²) < 4.78 is 8.36. The average molecular weight is 531 g/mol. The van der Waals surface area contributed by atoms with Crippen LogP contribution in [0.5, 0.6) is 11.5 Å². The number of anilines is 1. The zero-order chi connectivity index (χ0) is 26.9. The Hall–Kier alpha value is -4.42. The van der Waals surface area contributed by atoms with E-state index in [9.17, 15) is 0 Å². The lowest BCUT2D eigenvalue weighted by Crippen LogP contribution is -2.29. The van der Waals surface area contributed by atoms with Gasteiger partial charge in [-0.2, -0.15) is 0 Å². The number of hydrogen-bond donors (Lipinski definition) is 1. The van der Waals surface area contributed by atoms with Crippen LogP contribution in [0.15, 0.2) is 109 Å². The number of nitrogens with one attached hydrogen (secondary N) is 1. The van der Waals surface area contributed by atoms with Crippen molar-refractivity contribution in [2.75, 3.05) is 4.90 Å². The highest BCUT2D eigenvalue weighted by atomic mass is 32.1. The molecule has 3 heterocycles. The number of ether oxygens (including phenoxy) is 1. The predicted molar refractivity (Wildman–Crippen MR) is 161 cm³/mol. The number of benzene rings is 3. The first-order valence-electron chi connectivity index (χ1n) is 13.1. The van der Waals surface area contributed by atoms with Crippen molar-refractivity contribution < 1.29 is 4.74 Å². The molecule has 0 unspecified atom stereocenters. The van der Waals surface area contributed by atoms with Gasteiger partial charge in [0.1, 0.15) is 11.5 Å². The van der Waals surface area contributed by atoms with Crippen molar-refractivity contribution in [2.24, 2.45) is 0 Å². The Bertz CT molecular complexity index is 1600. The molecule has 0 saturated carbocycles. The maximum atomic E-state index is 6.04. The molecule has 1 saturated heterocycles. The Labute approximate surface area is 234 Å². The van der Waals surface area contributed by atoms with Gasteiger partial charge in [0.25, 0.3) is 0 Å². The fourth-order valence-electron chi connectivity index (χ4n) is 5.43. The van der Waals surface area contributed by atoms with Crippen molar-refractivity contribution in [2.45, 2.75) is 32.9 Å². The van der Waals surface area contributed by atoms with Crippen molar-refractivity contribution in [3.63, 3.8) is 0 Å². The van der Waals surface area contributed by atoms with Crippen LogP contribution >= 0.6 is 12.2 Å². The normalized spacial score (nSPS) is 16.8. The maximum absolute atomic E-state index is 6.04. The average Bonchev–Trinajstić information content (AvgIpc) is 3.45. The van der Waals surface area contributed by atoms with E-state index in [0.717, 1.165) is 28.6 Å². The Morgan fingerprint density at radius 2 is 1.44 bits per heavy atom. The van der Waals surface area contributed by atoms with E-state index < -0.39 is 0 Å². The number of aromatic nitrogens is 2. The molecule has 0 radical (unpaired) electrons. The number of aryl methyl sites for hydroxylation is 2. The van der Waals surface area contributed by atoms with Crippen LogP contribution in [0.25, 0.3) is 5.69 Å². The molecule has 194 valence electrons. The molecular weight excluding hydrogens is 500 g/mol. The summed E-state index contributed by atoms with van der Waals surface area (Å²) in [5.74, 6) is 1.58. The quantitative estimate of drug-likeness (QED) is 0.227. The molecule has 3 aromatic carbocycles. The SMILES string of the molecule is Cc1ccc(-n2c(C)cc([C@H]3[C@@H](c4ccccn4)NC(=S)N3c3ccc(Oc4ccccc4)cc3)c2C)cc1. The molecule has 6 rings (SSSR count). The monoisotopic (exact) mass is 530 g/mol. The van der Waals surface area contributed by atoms with Crippen LogP contribution < -0.4 is 15.0 Å². The predicted octanol–water partition coefficient (Wildman–Crippen LogP) is 7.77. The van der Waals surface area contributed by atoms with Gasteiger partial charge in [0, 0.05) is 29.0 Å². The van der Waals surface area contributed by atoms with Gasteiger partial charge in [-0.15, -0.1) is 0 Å². The summed E-state index contributed by atoms with van der Waals surface area (Å²) in [7, 11) is 0. The lowest BCUT2D eigenvalue weighted by Gasteiger charge is -2.28. The van der Waals surface area contributed by atoms with Crippen molar-refractivity contribution in [1.29, 1.82) is 0 Å². The van der Waals surface area contributed by atoms with Crippen molar-refractivity contribution in [1.82, 2.24) is 14.9 Å². The second kappa shape index (κ2) is 10.4. The minimum atomic E-state index is -0.106. The fourth-order valence-corrected chi connectivity index (χ4v) is 5.77. The highest BCUT2D eigenvalue weighted by Gasteiger charge is 2.42. The van der Waals surface area contributed by atoms with E-state index in [0.29, 0.717) is 5.11 Å². The maximum Gasteiger partial charge on any atom is 0.174 e. The van der Waals surface area contributed by atoms with Crippen LogP contribution in [0, 0.1) is 20.8 Å². The summed E-state index contributed by atoms with van der Waals surface area (Å²) in [6.45, 7) is 6.46. The van der Waals surface area contributed by atoms with E-state index in [1.807, 2.05) is 60.8 Å². The van der Waals surface area contributed by atoms with Gasteiger partial charge in [-0.1, -0.05) is 42.0 Å². The van der Waals surface area contributed by atoms with Crippen LogP contribution in [0.3, 0.4) is 0 Å². The molecule has 5 aromatic rings. The van der Waals surface area contributed by atoms with Gasteiger partial charge in [-0.25, -0.2) is 0 Å². The number of pyridine rings is 1. The van der Waals surface area contributed by atoms with Gasteiger partial charge in [-0.05, 0) is 105 Å². The third-order valence-electron chi connectivity index (χ3n) is 7.27. The van der Waals surface area contributed by atoms with E-state index in [1.165, 1.54) is 22.5 Å². The lowest BCUT2D eigenvalue weighted by atomic mass is 9.96. The minimum absolute atomic E-state index is 0.0845. The standard InChI is InChI=1S/C33H30N4OS/c1-22-12-14-25(15-13-22)36-23(2)21-29(24(36)3)32-31(30-11-7-8-20-34-30)35-33(39)37(32)26-16-18-28(19-17-26)38-27-9-5-4-6-10-27/h4-21,31-32H,1-3H3,(H,35,39)/t31-,32+/m1/s1. The summed E-state index contributed by atoms with van der Waals surface area (Å²) in [6.07, 6.45) is 1.84. The number of thiocarbonyl (C=S) groups is 1. The van der Waals surface area contributed by atoms with Gasteiger partial charge < -0.3 is 19.5 Å². The zero-order valence-corrected chi connectivity index (χ0v) is 23.0. The van der Waals surface area contributed by atoms with E-state index >= 15 is 0 Å². The first-order valence-corrected chi connectivity index (χ1v) is 13.5. The van der Waals surface area contributed by atoms with Crippen LogP contribution in [-0.2, 0) is 0 Å². The second-order valence-electron chi connectivity index (χ2n) is 9.90. The van der Waals surface area contributed by atoms with E-state index in [4.69, 9.17) is 21.9 Å². The molecule has 0 amide bonds. The molecule has 0 aliphatic carbocycles. The highest BCUT2D eigenvalue weighted by molar-refractivity contribution is 7.80. The number of para-hydroxylation sites is 1. The van der Waals surface area contributed by atoms with Crippen LogP contribution in [0.2, 0.25) is 0 Å². The molecule has 39 heavy (non-hydrogen) atoms. The Kier molecular flexibility index (Phi) is 6.63. The van der Waals surface area contributed by atoms with Crippen molar-refractivity contribution in [3.05, 3.63) is 138 Å². The van der Waals surface area contributed by atoms with E-state index in [1.54, 1.807) is 0 Å². The molecule has 2 aromatic heterocycles. The van der Waals surface area contributed by atoms with Crippen molar-refractivity contribution in [3.8, 4) is 17.2 Å². The molecule has 1 fully saturated rings. The molecule has 1 N–H and O–H groups in total. The van der Waals surface area contributed by atoms with E-state index in [2.05, 4.69) is 84.1 Å². The van der Waals surface area contributed by atoms with Gasteiger partial charge >= 0.3 is 0 Å². The summed E-state index contributed by atoms with van der Waals surface area (Å²) in [5, 5.41) is 4.25. The molecular formula is C33H30N4OS. The van der Waals surface area contributed by atoms with Crippen LogP contribution in [0.1, 0.15) is 40.3 Å². The molecule has 5 nitrogen and oxygen atoms in total. The number of rotatable bonds is 6. The van der Waals surface area contributed by atoms with Crippen LogP contribution in [0.4, 0.5) is 5.69 Å². The molecule has 2 atom stereocenters. The van der Waals surface area contributed by atoms with Gasteiger partial charge in [-0.3, -0.25) is 4.98 Å². The molecule has 0 spiro atoms. The molecule has 6 heteroatoms. The zero-order valence-electron chi connectivity index (χ0n) is 22.2. The molecule has 0 bridgehead atoms. The summed E-state index contributed by atoms with van der Waals surface area (Å²) >= 11 is 5.95. The minimum Gasteiger partial charge on any atom is -0.457 e. The highest BCUT2D eigenvalue weighted by Crippen LogP contribution is 2.44. The number of nitrogens with zero attached hydrogens (tertiary/aromatic N) is 3. The van der Waals surface area contributed by atoms with Gasteiger partial charge in [0.05, 0.1) is 17.8 Å². The van der Waals surface area contributed by atoms with Crippen LogP contribution in [-0.4, -0.2) is 14.7 Å². The first-order chi connectivity index (χ1) is 19.0. The lowest BCUT2D eigenvalue weighted by molar-refractivity contribution is 0.482. The fraction of sp³-hybridized carbons (Fsp3) is 0.152. The largest absolute Gasteiger partial charge is 0.457 e. The Morgan fingerprint density at radius 3 is 2.13 bits per heavy atom. The topological polar surface area (TPSA) is 42.3 Å². The Morgan fingerprint density at radius 1 is 0.769 bits per heavy atom. The Balaban J connectivity index is 1.41. The summed E-state index contributed by atoms with van der Waals surface area (Å²) in [6, 6.07) is 34.7. The second-order valence-corrected chi connectivity index (χ2v) is 10.3. The third kappa shape index (κ3) is 4.79. The molecule has 1 aliphatic rings. The van der Waals surface area contributed by atoms with Gasteiger partial charge in [0.2, 0.25) is 0 Å². The number of hydrogen-bond acceptors (Lipinski definition) is 3. The third-order valence-corrected chi connectivity index (χ3v) is 7.59. The van der Waals surface area contributed by atoms with Crippen molar-refractivity contribution >= 4 is 23.0 Å².